The molecule has 6 aromatic carbocycles. The van der Waals surface area contributed by atoms with Gasteiger partial charge in [-0.2, -0.15) is 0 Å². The molecule has 8 aromatic rings. The minimum Gasteiger partial charge on any atom is -0.455 e. The minimum absolute atomic E-state index is 0.216. The number of nitrogens with zero attached hydrogens (tertiary/aromatic N) is 2. The van der Waals surface area contributed by atoms with E-state index in [2.05, 4.69) is 123 Å². The zero-order valence-corrected chi connectivity index (χ0v) is 26.9. The van der Waals surface area contributed by atoms with Crippen LogP contribution in [0.3, 0.4) is 0 Å². The van der Waals surface area contributed by atoms with E-state index in [1.807, 2.05) is 47.7 Å². The molecule has 0 spiro atoms. The van der Waals surface area contributed by atoms with Crippen LogP contribution in [0.25, 0.3) is 65.2 Å². The van der Waals surface area contributed by atoms with Crippen LogP contribution in [0, 0.1) is 0 Å². The van der Waals surface area contributed by atoms with E-state index in [0.29, 0.717) is 0 Å². The van der Waals surface area contributed by atoms with Crippen LogP contribution in [0.1, 0.15) is 25.0 Å². The van der Waals surface area contributed by atoms with Crippen molar-refractivity contribution in [1.82, 2.24) is 9.97 Å². The Kier molecular flexibility index (Phi) is 6.34. The molecule has 3 nitrogen and oxygen atoms in total. The first-order valence-electron chi connectivity index (χ1n) is 15.9. The molecule has 9 rings (SSSR count). The first-order chi connectivity index (χ1) is 23.0. The largest absolute Gasteiger partial charge is 0.455 e. The van der Waals surface area contributed by atoms with Gasteiger partial charge in [0.15, 0.2) is 5.82 Å². The average Bonchev–Trinajstić information content (AvgIpc) is 3.52. The average molecular weight is 623 g/mol. The number of benzene rings is 6. The molecule has 0 unspecified atom stereocenters. The van der Waals surface area contributed by atoms with E-state index in [1.165, 1.54) is 31.3 Å². The molecule has 0 N–H and O–H groups in total. The zero-order valence-electron chi connectivity index (χ0n) is 26.1. The fourth-order valence-electron chi connectivity index (χ4n) is 6.80. The van der Waals surface area contributed by atoms with Gasteiger partial charge in [0.2, 0.25) is 0 Å². The molecule has 0 fully saturated rings. The Morgan fingerprint density at radius 3 is 1.87 bits per heavy atom. The normalized spacial score (nSPS) is 13.2. The zero-order chi connectivity index (χ0) is 31.5. The highest BCUT2D eigenvalue weighted by atomic mass is 32.1. The molecule has 0 saturated carbocycles. The summed E-state index contributed by atoms with van der Waals surface area (Å²) >= 11 is 1.82. The Bertz CT molecular complexity index is 2390. The van der Waals surface area contributed by atoms with Crippen LogP contribution in [-0.2, 0) is 5.41 Å². The van der Waals surface area contributed by atoms with Gasteiger partial charge in [0.05, 0.1) is 16.1 Å². The van der Waals surface area contributed by atoms with Gasteiger partial charge in [0, 0.05) is 48.7 Å². The minimum atomic E-state index is -0.216. The van der Waals surface area contributed by atoms with Gasteiger partial charge < -0.3 is 4.74 Å². The van der Waals surface area contributed by atoms with E-state index in [-0.39, 0.29) is 5.41 Å². The second-order valence-corrected chi connectivity index (χ2v) is 13.7. The van der Waals surface area contributed by atoms with Crippen LogP contribution >= 0.6 is 11.3 Å². The lowest BCUT2D eigenvalue weighted by molar-refractivity contribution is 0.424. The number of fused-ring (bicyclic) bond motifs is 6. The summed E-state index contributed by atoms with van der Waals surface area (Å²) in [6.45, 7) is 4.62. The lowest BCUT2D eigenvalue weighted by Gasteiger charge is -2.35. The number of rotatable bonds is 4. The van der Waals surface area contributed by atoms with Crippen LogP contribution in [0.2, 0.25) is 0 Å². The van der Waals surface area contributed by atoms with Gasteiger partial charge >= 0.3 is 0 Å². The maximum Gasteiger partial charge on any atom is 0.160 e. The molecule has 47 heavy (non-hydrogen) atoms. The maximum atomic E-state index is 6.72. The Labute approximate surface area is 277 Å². The van der Waals surface area contributed by atoms with Crippen LogP contribution in [0.15, 0.2) is 146 Å². The van der Waals surface area contributed by atoms with Crippen molar-refractivity contribution < 1.29 is 4.74 Å². The number of hydrogen-bond donors (Lipinski definition) is 0. The summed E-state index contributed by atoms with van der Waals surface area (Å²) in [5.74, 6) is 2.64. The lowest BCUT2D eigenvalue weighted by atomic mass is 9.75. The number of hydrogen-bond acceptors (Lipinski definition) is 4. The van der Waals surface area contributed by atoms with Crippen molar-refractivity contribution in [3.63, 3.8) is 0 Å². The van der Waals surface area contributed by atoms with Crippen molar-refractivity contribution in [3.8, 4) is 56.5 Å². The molecule has 2 aromatic heterocycles. The van der Waals surface area contributed by atoms with Gasteiger partial charge in [0.25, 0.3) is 0 Å². The van der Waals surface area contributed by atoms with Crippen LogP contribution in [-0.4, -0.2) is 9.97 Å². The van der Waals surface area contributed by atoms with Crippen LogP contribution in [0.5, 0.6) is 11.5 Å². The van der Waals surface area contributed by atoms with E-state index in [4.69, 9.17) is 14.7 Å². The van der Waals surface area contributed by atoms with Gasteiger partial charge in [-0.1, -0.05) is 135 Å². The van der Waals surface area contributed by atoms with Crippen molar-refractivity contribution in [2.24, 2.45) is 0 Å². The van der Waals surface area contributed by atoms with Crippen molar-refractivity contribution in [1.29, 1.82) is 0 Å². The summed E-state index contributed by atoms with van der Waals surface area (Å²) in [6.07, 6.45) is 0. The summed E-state index contributed by atoms with van der Waals surface area (Å²) in [5, 5.41) is 2.55. The molecule has 3 heterocycles. The van der Waals surface area contributed by atoms with Gasteiger partial charge in [-0.15, -0.1) is 11.3 Å². The first-order valence-corrected chi connectivity index (χ1v) is 16.7. The van der Waals surface area contributed by atoms with E-state index in [0.717, 1.165) is 56.5 Å². The van der Waals surface area contributed by atoms with E-state index < -0.39 is 0 Å². The van der Waals surface area contributed by atoms with Crippen molar-refractivity contribution in [2.45, 2.75) is 19.3 Å². The fraction of sp³-hybridized carbons (Fsp3) is 0.0698. The summed E-state index contributed by atoms with van der Waals surface area (Å²) in [7, 11) is 0. The second-order valence-electron chi connectivity index (χ2n) is 12.6. The lowest BCUT2D eigenvalue weighted by Crippen LogP contribution is -2.24. The smallest absolute Gasteiger partial charge is 0.160 e. The van der Waals surface area contributed by atoms with Gasteiger partial charge in [-0.05, 0) is 35.4 Å². The van der Waals surface area contributed by atoms with E-state index >= 15 is 0 Å². The van der Waals surface area contributed by atoms with E-state index in [1.54, 1.807) is 0 Å². The van der Waals surface area contributed by atoms with Crippen molar-refractivity contribution >= 4 is 31.5 Å². The molecule has 0 saturated heterocycles. The Morgan fingerprint density at radius 1 is 0.511 bits per heavy atom. The van der Waals surface area contributed by atoms with Crippen molar-refractivity contribution in [2.75, 3.05) is 0 Å². The molecular formula is C43H30N2OS. The standard InChI is InChI=1S/C43H30N2OS/c1-43(2)34-23-22-33-32-15-9-10-16-39(32)47-41(33)40(34)46-38-24-21-31(25-35(38)43)27-17-19-29(20-18-27)37-26-36(28-11-5-3-6-12-28)44-42(45-37)30-13-7-4-8-14-30/h3-26H,1-2H3. The quantitative estimate of drug-likeness (QED) is 0.196. The monoisotopic (exact) mass is 622 g/mol. The third-order valence-electron chi connectivity index (χ3n) is 9.38. The second kappa shape index (κ2) is 10.8. The molecule has 0 atom stereocenters. The number of thiophene rings is 1. The number of ether oxygens (including phenoxy) is 1. The molecule has 1 aliphatic rings. The highest BCUT2D eigenvalue weighted by Crippen LogP contribution is 2.53. The molecule has 224 valence electrons. The van der Waals surface area contributed by atoms with Crippen molar-refractivity contribution in [3.05, 3.63) is 157 Å². The summed E-state index contributed by atoms with van der Waals surface area (Å²) in [4.78, 5) is 9.95. The Morgan fingerprint density at radius 2 is 1.13 bits per heavy atom. The highest BCUT2D eigenvalue weighted by Gasteiger charge is 2.36. The summed E-state index contributed by atoms with van der Waals surface area (Å²) in [6, 6.07) is 51.0. The Balaban J connectivity index is 1.08. The predicted molar refractivity (Wildman–Crippen MR) is 195 cm³/mol. The van der Waals surface area contributed by atoms with E-state index in [9.17, 15) is 0 Å². The molecule has 0 bridgehead atoms. The van der Waals surface area contributed by atoms with Gasteiger partial charge in [0.1, 0.15) is 11.5 Å². The topological polar surface area (TPSA) is 35.0 Å². The molecule has 1 aliphatic heterocycles. The maximum absolute atomic E-state index is 6.72. The predicted octanol–water partition coefficient (Wildman–Crippen LogP) is 11.9. The highest BCUT2D eigenvalue weighted by molar-refractivity contribution is 7.26. The Hall–Kier alpha value is -5.58. The molecular weight excluding hydrogens is 593 g/mol. The number of aromatic nitrogens is 2. The first kappa shape index (κ1) is 27.7. The third-order valence-corrected chi connectivity index (χ3v) is 10.6. The van der Waals surface area contributed by atoms with Crippen LogP contribution in [0.4, 0.5) is 0 Å². The van der Waals surface area contributed by atoms with Gasteiger partial charge in [-0.3, -0.25) is 0 Å². The molecule has 0 amide bonds. The molecule has 4 heteroatoms. The summed E-state index contributed by atoms with van der Waals surface area (Å²) < 4.78 is 9.22. The molecule has 0 aliphatic carbocycles. The summed E-state index contributed by atoms with van der Waals surface area (Å²) in [5.41, 5.74) is 9.44. The fourth-order valence-corrected chi connectivity index (χ4v) is 7.99. The van der Waals surface area contributed by atoms with Crippen LogP contribution < -0.4 is 4.74 Å². The SMILES string of the molecule is CC1(C)c2cc(-c3ccc(-c4cc(-c5ccccc5)nc(-c5ccccc5)n4)cc3)ccc2Oc2c1ccc1c2sc2ccccc21. The van der Waals surface area contributed by atoms with Gasteiger partial charge in [-0.25, -0.2) is 9.97 Å². The third kappa shape index (κ3) is 4.64. The molecule has 0 radical (unpaired) electrons.